The predicted octanol–water partition coefficient (Wildman–Crippen LogP) is 1.08. The molecule has 0 amide bonds. The first-order valence-corrected chi connectivity index (χ1v) is 7.63. The summed E-state index contributed by atoms with van der Waals surface area (Å²) in [6.07, 6.45) is 0.647. The topological polar surface area (TPSA) is 64.6 Å². The summed E-state index contributed by atoms with van der Waals surface area (Å²) in [5.74, 6) is 0. The molecule has 5 nitrogen and oxygen atoms in total. The van der Waals surface area contributed by atoms with Gasteiger partial charge in [0.2, 0.25) is 10.0 Å². The first-order chi connectivity index (χ1) is 8.17. The molecule has 0 fully saturated rings. The van der Waals surface area contributed by atoms with Gasteiger partial charge < -0.3 is 9.47 Å². The molecule has 1 N–H and O–H groups in total. The van der Waals surface area contributed by atoms with Crippen molar-refractivity contribution in [3.8, 4) is 0 Å². The zero-order valence-electron chi connectivity index (χ0n) is 9.72. The summed E-state index contributed by atoms with van der Waals surface area (Å²) >= 11 is 1.21. The van der Waals surface area contributed by atoms with Gasteiger partial charge in [-0.2, -0.15) is 0 Å². The second-order valence-electron chi connectivity index (χ2n) is 3.29. The van der Waals surface area contributed by atoms with Gasteiger partial charge in [0.25, 0.3) is 0 Å². The SMILES string of the molecule is COCCOCCCNS(=O)(=O)c1cccs1. The minimum absolute atomic E-state index is 0.345. The first kappa shape index (κ1) is 14.6. The Labute approximate surface area is 106 Å². The monoisotopic (exact) mass is 279 g/mol. The zero-order chi connectivity index (χ0) is 12.6. The minimum Gasteiger partial charge on any atom is -0.382 e. The van der Waals surface area contributed by atoms with Crippen molar-refractivity contribution in [2.45, 2.75) is 10.6 Å². The molecule has 0 unspecified atom stereocenters. The third kappa shape index (κ3) is 5.60. The zero-order valence-corrected chi connectivity index (χ0v) is 11.4. The minimum atomic E-state index is -3.33. The van der Waals surface area contributed by atoms with Crippen LogP contribution in [0.5, 0.6) is 0 Å². The number of thiophene rings is 1. The molecule has 0 radical (unpaired) electrons. The van der Waals surface area contributed by atoms with Crippen LogP contribution in [0, 0.1) is 0 Å². The lowest BCUT2D eigenvalue weighted by atomic mass is 10.5. The van der Waals surface area contributed by atoms with Crippen molar-refractivity contribution in [2.75, 3.05) is 33.5 Å². The number of methoxy groups -OCH3 is 1. The molecule has 7 heteroatoms. The van der Waals surface area contributed by atoms with Crippen molar-refractivity contribution < 1.29 is 17.9 Å². The molecule has 0 aliphatic carbocycles. The van der Waals surface area contributed by atoms with Crippen molar-refractivity contribution in [3.05, 3.63) is 17.5 Å². The van der Waals surface area contributed by atoms with Gasteiger partial charge in [-0.25, -0.2) is 13.1 Å². The molecule has 1 aromatic heterocycles. The average Bonchev–Trinajstić information content (AvgIpc) is 2.82. The van der Waals surface area contributed by atoms with Crippen molar-refractivity contribution >= 4 is 21.4 Å². The van der Waals surface area contributed by atoms with Crippen molar-refractivity contribution in [1.82, 2.24) is 4.72 Å². The van der Waals surface area contributed by atoms with E-state index in [4.69, 9.17) is 9.47 Å². The summed E-state index contributed by atoms with van der Waals surface area (Å²) in [4.78, 5) is 0. The van der Waals surface area contributed by atoms with Crippen molar-refractivity contribution in [1.29, 1.82) is 0 Å². The quantitative estimate of drug-likeness (QED) is 0.687. The van der Waals surface area contributed by atoms with Crippen LogP contribution in [0.3, 0.4) is 0 Å². The third-order valence-corrected chi connectivity index (χ3v) is 4.81. The van der Waals surface area contributed by atoms with Gasteiger partial charge in [0.1, 0.15) is 4.21 Å². The normalized spacial score (nSPS) is 11.8. The molecule has 0 aromatic carbocycles. The number of ether oxygens (including phenoxy) is 2. The Morgan fingerprint density at radius 2 is 2.18 bits per heavy atom. The van der Waals surface area contributed by atoms with Gasteiger partial charge >= 0.3 is 0 Å². The molecule has 1 aromatic rings. The fourth-order valence-corrected chi connectivity index (χ4v) is 3.22. The summed E-state index contributed by atoms with van der Waals surface area (Å²) in [6, 6.07) is 3.30. The number of rotatable bonds is 9. The Hall–Kier alpha value is -0.470. The molecule has 0 aliphatic rings. The van der Waals surface area contributed by atoms with E-state index in [1.807, 2.05) is 0 Å². The number of nitrogens with one attached hydrogen (secondary N) is 1. The van der Waals surface area contributed by atoms with Crippen LogP contribution >= 0.6 is 11.3 Å². The van der Waals surface area contributed by atoms with Gasteiger partial charge in [0, 0.05) is 20.3 Å². The van der Waals surface area contributed by atoms with Crippen LogP contribution in [0.1, 0.15) is 6.42 Å². The molecule has 0 aliphatic heterocycles. The van der Waals surface area contributed by atoms with Crippen LogP contribution in [0.25, 0.3) is 0 Å². The van der Waals surface area contributed by atoms with E-state index in [0.717, 1.165) is 0 Å². The number of hydrogen-bond acceptors (Lipinski definition) is 5. The molecule has 0 spiro atoms. The van der Waals surface area contributed by atoms with Gasteiger partial charge in [-0.1, -0.05) is 6.07 Å². The van der Waals surface area contributed by atoms with Gasteiger partial charge in [-0.3, -0.25) is 0 Å². The first-order valence-electron chi connectivity index (χ1n) is 5.26. The fraction of sp³-hybridized carbons (Fsp3) is 0.600. The van der Waals surface area contributed by atoms with E-state index in [2.05, 4.69) is 4.72 Å². The maximum Gasteiger partial charge on any atom is 0.250 e. The molecule has 0 atom stereocenters. The molecular weight excluding hydrogens is 262 g/mol. The fourth-order valence-electron chi connectivity index (χ4n) is 1.11. The molecule has 17 heavy (non-hydrogen) atoms. The van der Waals surface area contributed by atoms with Crippen LogP contribution in [0.15, 0.2) is 21.7 Å². The van der Waals surface area contributed by atoms with Crippen LogP contribution in [0.4, 0.5) is 0 Å². The van der Waals surface area contributed by atoms with E-state index < -0.39 is 10.0 Å². The summed E-state index contributed by atoms with van der Waals surface area (Å²) in [5.41, 5.74) is 0. The summed E-state index contributed by atoms with van der Waals surface area (Å²) < 4.78 is 36.2. The van der Waals surface area contributed by atoms with Gasteiger partial charge in [-0.15, -0.1) is 11.3 Å². The molecule has 0 saturated carbocycles. The summed E-state index contributed by atoms with van der Waals surface area (Å²) in [5, 5.41) is 1.74. The molecule has 0 saturated heterocycles. The molecule has 98 valence electrons. The number of sulfonamides is 1. The standard InChI is InChI=1S/C10H17NO4S2/c1-14-7-8-15-6-3-5-11-17(12,13)10-4-2-9-16-10/h2,4,9,11H,3,5-8H2,1H3. The van der Waals surface area contributed by atoms with E-state index in [0.29, 0.717) is 37.0 Å². The second kappa shape index (κ2) is 7.78. The van der Waals surface area contributed by atoms with Crippen LogP contribution in [-0.2, 0) is 19.5 Å². The average molecular weight is 279 g/mol. The van der Waals surface area contributed by atoms with E-state index in [9.17, 15) is 8.42 Å². The molecule has 1 rings (SSSR count). The highest BCUT2D eigenvalue weighted by Gasteiger charge is 2.13. The van der Waals surface area contributed by atoms with Crippen molar-refractivity contribution in [2.24, 2.45) is 0 Å². The summed E-state index contributed by atoms with van der Waals surface area (Å²) in [7, 11) is -1.72. The second-order valence-corrected chi connectivity index (χ2v) is 6.23. The van der Waals surface area contributed by atoms with E-state index in [1.165, 1.54) is 11.3 Å². The lowest BCUT2D eigenvalue weighted by Gasteiger charge is -2.05. The van der Waals surface area contributed by atoms with Crippen LogP contribution < -0.4 is 4.72 Å². The van der Waals surface area contributed by atoms with E-state index in [1.54, 1.807) is 24.6 Å². The highest BCUT2D eigenvalue weighted by atomic mass is 32.2. The largest absolute Gasteiger partial charge is 0.382 e. The molecule has 0 bridgehead atoms. The van der Waals surface area contributed by atoms with E-state index >= 15 is 0 Å². The third-order valence-electron chi connectivity index (χ3n) is 1.95. The Morgan fingerprint density at radius 1 is 1.35 bits per heavy atom. The van der Waals surface area contributed by atoms with Gasteiger partial charge in [0.15, 0.2) is 0 Å². The highest BCUT2D eigenvalue weighted by molar-refractivity contribution is 7.91. The molecular formula is C10H17NO4S2. The van der Waals surface area contributed by atoms with Crippen LogP contribution in [-0.4, -0.2) is 41.9 Å². The van der Waals surface area contributed by atoms with Crippen molar-refractivity contribution in [3.63, 3.8) is 0 Å². The number of hydrogen-bond donors (Lipinski definition) is 1. The van der Waals surface area contributed by atoms with E-state index in [-0.39, 0.29) is 0 Å². The predicted molar refractivity (Wildman–Crippen MR) is 66.8 cm³/mol. The highest BCUT2D eigenvalue weighted by Crippen LogP contribution is 2.14. The Balaban J connectivity index is 2.14. The lowest BCUT2D eigenvalue weighted by molar-refractivity contribution is 0.0699. The smallest absolute Gasteiger partial charge is 0.250 e. The Kier molecular flexibility index (Phi) is 6.68. The maximum atomic E-state index is 11.7. The van der Waals surface area contributed by atoms with Crippen LogP contribution in [0.2, 0.25) is 0 Å². The molecule has 1 heterocycles. The summed E-state index contributed by atoms with van der Waals surface area (Å²) in [6.45, 7) is 2.00. The lowest BCUT2D eigenvalue weighted by Crippen LogP contribution is -2.25. The van der Waals surface area contributed by atoms with Gasteiger partial charge in [0.05, 0.1) is 13.2 Å². The maximum absolute atomic E-state index is 11.7. The Morgan fingerprint density at radius 3 is 2.82 bits per heavy atom. The Bertz CT molecular complexity index is 388. The van der Waals surface area contributed by atoms with Gasteiger partial charge in [-0.05, 0) is 17.9 Å².